The standard InChI is InChI=1S/C18H18BrClN2O2/c1-12(14-3-2-4-16(20)11-14)22-17(23)9-10-21-18(24)13-5-7-15(19)8-6-13/h2-8,11-12H,9-10H2,1H3,(H,21,24)(H,22,23)/t12-/m1/s1. The van der Waals surface area contributed by atoms with Gasteiger partial charge in [-0.25, -0.2) is 0 Å². The van der Waals surface area contributed by atoms with Crippen LogP contribution in [0.3, 0.4) is 0 Å². The SMILES string of the molecule is C[C@@H](NC(=O)CCNC(=O)c1ccc(Br)cc1)c1cccc(Cl)c1. The Kier molecular flexibility index (Phi) is 6.82. The zero-order valence-electron chi connectivity index (χ0n) is 13.2. The van der Waals surface area contributed by atoms with E-state index in [0.29, 0.717) is 10.6 Å². The van der Waals surface area contributed by atoms with Crippen molar-refractivity contribution in [3.8, 4) is 0 Å². The van der Waals surface area contributed by atoms with Crippen LogP contribution in [-0.2, 0) is 4.79 Å². The molecule has 0 aliphatic rings. The van der Waals surface area contributed by atoms with E-state index >= 15 is 0 Å². The van der Waals surface area contributed by atoms with Gasteiger partial charge in [0.15, 0.2) is 0 Å². The van der Waals surface area contributed by atoms with Crippen LogP contribution in [0.4, 0.5) is 0 Å². The van der Waals surface area contributed by atoms with E-state index in [1.807, 2.05) is 25.1 Å². The number of carbonyl (C=O) groups excluding carboxylic acids is 2. The van der Waals surface area contributed by atoms with Gasteiger partial charge in [0.05, 0.1) is 6.04 Å². The number of nitrogens with one attached hydrogen (secondary N) is 2. The monoisotopic (exact) mass is 408 g/mol. The first-order valence-electron chi connectivity index (χ1n) is 7.54. The summed E-state index contributed by atoms with van der Waals surface area (Å²) in [6, 6.07) is 14.3. The van der Waals surface area contributed by atoms with E-state index in [9.17, 15) is 9.59 Å². The summed E-state index contributed by atoms with van der Waals surface area (Å²) in [5.41, 5.74) is 1.50. The number of hydrogen-bond donors (Lipinski definition) is 2. The molecule has 2 amide bonds. The predicted octanol–water partition coefficient (Wildman–Crippen LogP) is 4.10. The molecule has 0 heterocycles. The average molecular weight is 410 g/mol. The second-order valence-electron chi connectivity index (χ2n) is 5.36. The number of rotatable bonds is 6. The smallest absolute Gasteiger partial charge is 0.251 e. The summed E-state index contributed by atoms with van der Waals surface area (Å²) in [5, 5.41) is 6.26. The Morgan fingerprint density at radius 1 is 1.17 bits per heavy atom. The van der Waals surface area contributed by atoms with Gasteiger partial charge in [-0.15, -0.1) is 0 Å². The molecule has 2 rings (SSSR count). The third kappa shape index (κ3) is 5.65. The van der Waals surface area contributed by atoms with Gasteiger partial charge in [-0.05, 0) is 48.9 Å². The topological polar surface area (TPSA) is 58.2 Å². The number of hydrogen-bond acceptors (Lipinski definition) is 2. The third-order valence-electron chi connectivity index (χ3n) is 3.47. The Morgan fingerprint density at radius 3 is 2.54 bits per heavy atom. The van der Waals surface area contributed by atoms with Gasteiger partial charge in [-0.1, -0.05) is 39.7 Å². The quantitative estimate of drug-likeness (QED) is 0.754. The fourth-order valence-electron chi connectivity index (χ4n) is 2.17. The maximum Gasteiger partial charge on any atom is 0.251 e. The Morgan fingerprint density at radius 2 is 1.88 bits per heavy atom. The second kappa shape index (κ2) is 8.85. The van der Waals surface area contributed by atoms with Crippen molar-refractivity contribution in [2.24, 2.45) is 0 Å². The highest BCUT2D eigenvalue weighted by Gasteiger charge is 2.11. The summed E-state index contributed by atoms with van der Waals surface area (Å²) < 4.78 is 0.911. The first-order chi connectivity index (χ1) is 11.5. The minimum absolute atomic E-state index is 0.126. The second-order valence-corrected chi connectivity index (χ2v) is 6.71. The molecule has 1 atom stereocenters. The van der Waals surface area contributed by atoms with Gasteiger partial charge in [0, 0.05) is 28.0 Å². The average Bonchev–Trinajstić information content (AvgIpc) is 2.55. The Hall–Kier alpha value is -1.85. The third-order valence-corrected chi connectivity index (χ3v) is 4.23. The first kappa shape index (κ1) is 18.5. The molecule has 6 heteroatoms. The zero-order valence-corrected chi connectivity index (χ0v) is 15.5. The van der Waals surface area contributed by atoms with Crippen LogP contribution in [0.2, 0.25) is 5.02 Å². The normalized spacial score (nSPS) is 11.6. The highest BCUT2D eigenvalue weighted by Crippen LogP contribution is 2.17. The molecule has 4 nitrogen and oxygen atoms in total. The number of amides is 2. The van der Waals surface area contributed by atoms with Crippen LogP contribution in [-0.4, -0.2) is 18.4 Å². The lowest BCUT2D eigenvalue weighted by molar-refractivity contribution is -0.121. The molecule has 0 fully saturated rings. The van der Waals surface area contributed by atoms with Crippen LogP contribution >= 0.6 is 27.5 Å². The van der Waals surface area contributed by atoms with Crippen molar-refractivity contribution >= 4 is 39.3 Å². The van der Waals surface area contributed by atoms with Crippen LogP contribution in [0, 0.1) is 0 Å². The largest absolute Gasteiger partial charge is 0.352 e. The lowest BCUT2D eigenvalue weighted by Gasteiger charge is -2.14. The van der Waals surface area contributed by atoms with Gasteiger partial charge in [-0.2, -0.15) is 0 Å². The van der Waals surface area contributed by atoms with Crippen LogP contribution < -0.4 is 10.6 Å². The van der Waals surface area contributed by atoms with Crippen molar-refractivity contribution in [3.63, 3.8) is 0 Å². The lowest BCUT2D eigenvalue weighted by Crippen LogP contribution is -2.32. The zero-order chi connectivity index (χ0) is 17.5. The Bertz CT molecular complexity index is 719. The van der Waals surface area contributed by atoms with E-state index in [2.05, 4.69) is 26.6 Å². The molecule has 0 saturated heterocycles. The maximum atomic E-state index is 12.0. The van der Waals surface area contributed by atoms with E-state index in [4.69, 9.17) is 11.6 Å². The molecule has 24 heavy (non-hydrogen) atoms. The van der Waals surface area contributed by atoms with Crippen molar-refractivity contribution in [2.75, 3.05) is 6.54 Å². The van der Waals surface area contributed by atoms with Crippen molar-refractivity contribution in [3.05, 3.63) is 69.2 Å². The molecule has 0 spiro atoms. The number of halogens is 2. The maximum absolute atomic E-state index is 12.0. The van der Waals surface area contributed by atoms with Crippen molar-refractivity contribution in [1.82, 2.24) is 10.6 Å². The van der Waals surface area contributed by atoms with E-state index in [1.54, 1.807) is 30.3 Å². The van der Waals surface area contributed by atoms with Crippen molar-refractivity contribution in [1.29, 1.82) is 0 Å². The summed E-state index contributed by atoms with van der Waals surface area (Å²) in [5.74, 6) is -0.322. The summed E-state index contributed by atoms with van der Waals surface area (Å²) in [7, 11) is 0. The van der Waals surface area contributed by atoms with E-state index < -0.39 is 0 Å². The molecule has 0 aliphatic heterocycles. The molecule has 2 aromatic carbocycles. The Labute approximate surface area is 154 Å². The van der Waals surface area contributed by atoms with Gasteiger partial charge in [-0.3, -0.25) is 9.59 Å². The Balaban J connectivity index is 1.77. The highest BCUT2D eigenvalue weighted by molar-refractivity contribution is 9.10. The lowest BCUT2D eigenvalue weighted by atomic mass is 10.1. The molecule has 0 radical (unpaired) electrons. The van der Waals surface area contributed by atoms with Crippen molar-refractivity contribution in [2.45, 2.75) is 19.4 Å². The highest BCUT2D eigenvalue weighted by atomic mass is 79.9. The van der Waals surface area contributed by atoms with Gasteiger partial charge in [0.2, 0.25) is 5.91 Å². The molecular formula is C18H18BrClN2O2. The molecule has 126 valence electrons. The summed E-state index contributed by atoms with van der Waals surface area (Å²) in [6.45, 7) is 2.17. The van der Waals surface area contributed by atoms with Gasteiger partial charge in [0.25, 0.3) is 5.91 Å². The minimum atomic E-state index is -0.196. The van der Waals surface area contributed by atoms with E-state index in [1.165, 1.54) is 0 Å². The van der Waals surface area contributed by atoms with Crippen LogP contribution in [0.25, 0.3) is 0 Å². The van der Waals surface area contributed by atoms with E-state index in [0.717, 1.165) is 10.0 Å². The van der Waals surface area contributed by atoms with Crippen LogP contribution in [0.5, 0.6) is 0 Å². The number of benzene rings is 2. The molecular weight excluding hydrogens is 392 g/mol. The summed E-state index contributed by atoms with van der Waals surface area (Å²) in [6.07, 6.45) is 0.215. The molecule has 0 unspecified atom stereocenters. The first-order valence-corrected chi connectivity index (χ1v) is 8.71. The molecule has 0 aromatic heterocycles. The number of carbonyl (C=O) groups is 2. The fraction of sp³-hybridized carbons (Fsp3) is 0.222. The van der Waals surface area contributed by atoms with Gasteiger partial charge < -0.3 is 10.6 Å². The summed E-state index contributed by atoms with van der Waals surface area (Å²) >= 11 is 9.27. The predicted molar refractivity (Wildman–Crippen MR) is 99.1 cm³/mol. The van der Waals surface area contributed by atoms with Crippen LogP contribution in [0.1, 0.15) is 35.3 Å². The molecule has 0 saturated carbocycles. The molecule has 0 aliphatic carbocycles. The van der Waals surface area contributed by atoms with Gasteiger partial charge in [0.1, 0.15) is 0 Å². The molecule has 0 bridgehead atoms. The van der Waals surface area contributed by atoms with Crippen LogP contribution in [0.15, 0.2) is 53.0 Å². The molecule has 2 aromatic rings. The fourth-order valence-corrected chi connectivity index (χ4v) is 2.63. The van der Waals surface area contributed by atoms with Gasteiger partial charge >= 0.3 is 0 Å². The minimum Gasteiger partial charge on any atom is -0.352 e. The van der Waals surface area contributed by atoms with E-state index in [-0.39, 0.29) is 30.8 Å². The summed E-state index contributed by atoms with van der Waals surface area (Å²) in [4.78, 5) is 23.9. The molecule has 2 N–H and O–H groups in total. The van der Waals surface area contributed by atoms with Crippen molar-refractivity contribution < 1.29 is 9.59 Å².